The minimum Gasteiger partial charge on any atom is -0.481 e. The van der Waals surface area contributed by atoms with Gasteiger partial charge in [-0.25, -0.2) is 4.79 Å². The molecule has 0 aliphatic heterocycles. The summed E-state index contributed by atoms with van der Waals surface area (Å²) in [5, 5.41) is 11.9. The third-order valence-electron chi connectivity index (χ3n) is 7.18. The summed E-state index contributed by atoms with van der Waals surface area (Å²) in [6.45, 7) is 4.50. The van der Waals surface area contributed by atoms with E-state index < -0.39 is 12.1 Å². The summed E-state index contributed by atoms with van der Waals surface area (Å²) >= 11 is 0. The van der Waals surface area contributed by atoms with Crippen molar-refractivity contribution in [2.45, 2.75) is 64.0 Å². The fraction of sp³-hybridized carbons (Fsp3) is 0.464. The van der Waals surface area contributed by atoms with Gasteiger partial charge in [0.05, 0.1) is 5.92 Å². The van der Waals surface area contributed by atoms with E-state index in [9.17, 15) is 14.4 Å². The van der Waals surface area contributed by atoms with E-state index in [4.69, 9.17) is 9.84 Å². The number of benzene rings is 2. The summed E-state index contributed by atoms with van der Waals surface area (Å²) in [6.07, 6.45) is 2.22. The lowest BCUT2D eigenvalue weighted by atomic mass is 9.98. The van der Waals surface area contributed by atoms with Gasteiger partial charge in [-0.1, -0.05) is 55.0 Å². The summed E-state index contributed by atoms with van der Waals surface area (Å²) < 4.78 is 5.69. The molecule has 7 nitrogen and oxygen atoms in total. The number of amides is 2. The molecule has 0 aromatic heterocycles. The molecule has 2 aliphatic rings. The van der Waals surface area contributed by atoms with E-state index in [-0.39, 0.29) is 42.9 Å². The van der Waals surface area contributed by atoms with Crippen LogP contribution in [0.5, 0.6) is 0 Å². The van der Waals surface area contributed by atoms with Crippen molar-refractivity contribution in [3.63, 3.8) is 0 Å². The van der Waals surface area contributed by atoms with Gasteiger partial charge < -0.3 is 20.1 Å². The van der Waals surface area contributed by atoms with Gasteiger partial charge in [-0.3, -0.25) is 9.59 Å². The highest BCUT2D eigenvalue weighted by Crippen LogP contribution is 2.44. The lowest BCUT2D eigenvalue weighted by Gasteiger charge is -2.31. The molecule has 2 aromatic carbocycles. The molecular weight excluding hydrogens is 444 g/mol. The van der Waals surface area contributed by atoms with Crippen LogP contribution in [0.15, 0.2) is 48.5 Å². The van der Waals surface area contributed by atoms with Gasteiger partial charge in [0.25, 0.3) is 0 Å². The second-order valence-electron chi connectivity index (χ2n) is 9.74. The van der Waals surface area contributed by atoms with Crippen molar-refractivity contribution < 1.29 is 24.2 Å². The number of alkyl carbamates (subject to hydrolysis) is 1. The topological polar surface area (TPSA) is 95.9 Å². The molecule has 0 radical (unpaired) electrons. The van der Waals surface area contributed by atoms with Crippen molar-refractivity contribution >= 4 is 18.0 Å². The number of carboxylic acids is 1. The molecule has 0 unspecified atom stereocenters. The van der Waals surface area contributed by atoms with Crippen molar-refractivity contribution in [3.8, 4) is 11.1 Å². The quantitative estimate of drug-likeness (QED) is 0.540. The largest absolute Gasteiger partial charge is 0.481 e. The Kier molecular flexibility index (Phi) is 7.73. The van der Waals surface area contributed by atoms with Crippen molar-refractivity contribution in [1.29, 1.82) is 0 Å². The summed E-state index contributed by atoms with van der Waals surface area (Å²) in [4.78, 5) is 38.7. The van der Waals surface area contributed by atoms with Crippen LogP contribution < -0.4 is 5.32 Å². The van der Waals surface area contributed by atoms with Gasteiger partial charge in [0.2, 0.25) is 5.91 Å². The zero-order valence-corrected chi connectivity index (χ0v) is 20.4. The van der Waals surface area contributed by atoms with Crippen molar-refractivity contribution in [3.05, 3.63) is 59.7 Å². The van der Waals surface area contributed by atoms with Crippen LogP contribution in [-0.4, -0.2) is 53.2 Å². The summed E-state index contributed by atoms with van der Waals surface area (Å²) in [7, 11) is 0. The molecule has 0 saturated heterocycles. The molecular formula is C28H34N2O5. The van der Waals surface area contributed by atoms with Gasteiger partial charge in [-0.2, -0.15) is 0 Å². The first-order valence-corrected chi connectivity index (χ1v) is 12.5. The Labute approximate surface area is 206 Å². The number of rotatable bonds is 9. The number of carbonyl (C=O) groups excluding carboxylic acids is 2. The van der Waals surface area contributed by atoms with Crippen LogP contribution >= 0.6 is 0 Å². The van der Waals surface area contributed by atoms with Gasteiger partial charge in [0, 0.05) is 31.0 Å². The van der Waals surface area contributed by atoms with Gasteiger partial charge in [0.1, 0.15) is 6.61 Å². The molecule has 35 heavy (non-hydrogen) atoms. The molecule has 2 atom stereocenters. The lowest BCUT2D eigenvalue weighted by Crippen LogP contribution is -2.48. The number of nitrogens with one attached hydrogen (secondary N) is 1. The molecule has 2 aliphatic carbocycles. The van der Waals surface area contributed by atoms with Crippen LogP contribution in [0.2, 0.25) is 0 Å². The molecule has 1 saturated carbocycles. The van der Waals surface area contributed by atoms with Gasteiger partial charge in [-0.05, 0) is 55.4 Å². The molecule has 2 amide bonds. The number of hydrogen-bond donors (Lipinski definition) is 2. The SMILES string of the molecule is CC(C)N(CCCC(=O)O)C(=O)[C@H]1CCC[C@H]1NC(=O)OCC1c2ccccc2-c2ccccc21. The van der Waals surface area contributed by atoms with Crippen LogP contribution in [0.1, 0.15) is 63.0 Å². The Morgan fingerprint density at radius 2 is 1.66 bits per heavy atom. The predicted octanol–water partition coefficient (Wildman–Crippen LogP) is 4.80. The van der Waals surface area contributed by atoms with Crippen LogP contribution in [0.4, 0.5) is 4.79 Å². The van der Waals surface area contributed by atoms with Crippen molar-refractivity contribution in [2.24, 2.45) is 5.92 Å². The third kappa shape index (κ3) is 5.50. The number of ether oxygens (including phenoxy) is 1. The Balaban J connectivity index is 1.36. The van der Waals surface area contributed by atoms with E-state index in [0.717, 1.165) is 24.0 Å². The number of nitrogens with zero attached hydrogens (tertiary/aromatic N) is 1. The average Bonchev–Trinajstić information content (AvgIpc) is 3.42. The standard InChI is InChI=1S/C28H34N2O5/c1-18(2)30(16-8-15-26(31)32)27(33)23-13-7-14-25(23)29-28(34)35-17-24-21-11-5-3-9-19(21)20-10-4-6-12-22(20)24/h3-6,9-12,18,23-25H,7-8,13-17H2,1-2H3,(H,29,34)(H,31,32)/t23-,25+/m0/s1. The monoisotopic (exact) mass is 478 g/mol. The van der Waals surface area contributed by atoms with E-state index >= 15 is 0 Å². The maximum Gasteiger partial charge on any atom is 0.407 e. The first-order chi connectivity index (χ1) is 16.9. The summed E-state index contributed by atoms with van der Waals surface area (Å²) in [6, 6.07) is 16.1. The normalized spacial score (nSPS) is 18.7. The van der Waals surface area contributed by atoms with Gasteiger partial charge in [0.15, 0.2) is 0 Å². The van der Waals surface area contributed by atoms with E-state index in [2.05, 4.69) is 29.6 Å². The zero-order valence-electron chi connectivity index (χ0n) is 20.4. The zero-order chi connectivity index (χ0) is 24.9. The third-order valence-corrected chi connectivity index (χ3v) is 7.18. The highest BCUT2D eigenvalue weighted by Gasteiger charge is 2.38. The average molecular weight is 479 g/mol. The maximum atomic E-state index is 13.3. The van der Waals surface area contributed by atoms with Crippen molar-refractivity contribution in [1.82, 2.24) is 10.2 Å². The van der Waals surface area contributed by atoms with E-state index in [1.54, 1.807) is 4.90 Å². The van der Waals surface area contributed by atoms with Gasteiger partial charge >= 0.3 is 12.1 Å². The first-order valence-electron chi connectivity index (χ1n) is 12.5. The molecule has 0 heterocycles. The van der Waals surface area contributed by atoms with E-state index in [1.807, 2.05) is 38.1 Å². The number of carboxylic acid groups (broad SMARTS) is 1. The number of carbonyl (C=O) groups is 3. The first kappa shape index (κ1) is 24.8. The van der Waals surface area contributed by atoms with Crippen LogP contribution in [0, 0.1) is 5.92 Å². The Morgan fingerprint density at radius 3 is 2.26 bits per heavy atom. The second-order valence-corrected chi connectivity index (χ2v) is 9.74. The highest BCUT2D eigenvalue weighted by atomic mass is 16.5. The predicted molar refractivity (Wildman–Crippen MR) is 133 cm³/mol. The number of aliphatic carboxylic acids is 1. The molecule has 0 spiro atoms. The fourth-order valence-corrected chi connectivity index (χ4v) is 5.46. The summed E-state index contributed by atoms with van der Waals surface area (Å²) in [5.41, 5.74) is 4.67. The molecule has 1 fully saturated rings. The molecule has 4 rings (SSSR count). The Bertz CT molecular complexity index is 1040. The maximum absolute atomic E-state index is 13.3. The molecule has 0 bridgehead atoms. The second kappa shape index (κ2) is 10.9. The Hall–Kier alpha value is -3.35. The van der Waals surface area contributed by atoms with E-state index in [0.29, 0.717) is 19.4 Å². The minimum atomic E-state index is -0.864. The highest BCUT2D eigenvalue weighted by molar-refractivity contribution is 5.81. The molecule has 7 heteroatoms. The molecule has 2 aromatic rings. The molecule has 186 valence electrons. The fourth-order valence-electron chi connectivity index (χ4n) is 5.46. The molecule has 2 N–H and O–H groups in total. The summed E-state index contributed by atoms with van der Waals surface area (Å²) in [5.74, 6) is -1.22. The van der Waals surface area contributed by atoms with Crippen molar-refractivity contribution in [2.75, 3.05) is 13.2 Å². The lowest BCUT2D eigenvalue weighted by molar-refractivity contribution is -0.140. The smallest absolute Gasteiger partial charge is 0.407 e. The Morgan fingerprint density at radius 1 is 1.03 bits per heavy atom. The number of hydrogen-bond acceptors (Lipinski definition) is 4. The van der Waals surface area contributed by atoms with Crippen LogP contribution in [0.3, 0.4) is 0 Å². The minimum absolute atomic E-state index is 0.0141. The van der Waals surface area contributed by atoms with E-state index in [1.165, 1.54) is 11.1 Å². The van der Waals surface area contributed by atoms with Crippen LogP contribution in [-0.2, 0) is 14.3 Å². The van der Waals surface area contributed by atoms with Crippen LogP contribution in [0.25, 0.3) is 11.1 Å². The number of fused-ring (bicyclic) bond motifs is 3. The van der Waals surface area contributed by atoms with Gasteiger partial charge in [-0.15, -0.1) is 0 Å².